The van der Waals surface area contributed by atoms with Crippen molar-refractivity contribution in [2.45, 2.75) is 99.9 Å². The molecular formula is C23H36BrN3O5. The standard InChI is InChI=1S/C23H36BrN3O5/c1-3-10-25-20(29)16-17-22(31)27(14(4-2)12-28)19(23(17)11-15(24)18(16)32-23)21(30)26-13-8-6-5-7-9-13/h13-19,28H,3-12H2,1-2H3,(H,25,29)(H,26,30)/t14-,15?,16-,17-,18-,19?,23?/m0/s1. The van der Waals surface area contributed by atoms with Crippen LogP contribution >= 0.6 is 15.9 Å². The molecule has 1 aliphatic carbocycles. The highest BCUT2D eigenvalue weighted by molar-refractivity contribution is 9.09. The van der Waals surface area contributed by atoms with Gasteiger partial charge < -0.3 is 25.4 Å². The topological polar surface area (TPSA) is 108 Å². The van der Waals surface area contributed by atoms with Crippen LogP contribution in [0.4, 0.5) is 0 Å². The summed E-state index contributed by atoms with van der Waals surface area (Å²) < 4.78 is 6.46. The molecule has 4 fully saturated rings. The van der Waals surface area contributed by atoms with E-state index < -0.39 is 35.6 Å². The Morgan fingerprint density at radius 1 is 1.25 bits per heavy atom. The fourth-order valence-electron chi connectivity index (χ4n) is 6.37. The SMILES string of the molecule is CCCNC(=O)[C@H]1[C@H]2C(=O)N([C@@H](CC)CO)C(C(=O)NC3CCCCC3)C23CC(Br)[C@@H]1O3. The lowest BCUT2D eigenvalue weighted by Gasteiger charge is -2.37. The van der Waals surface area contributed by atoms with Crippen molar-refractivity contribution in [1.29, 1.82) is 0 Å². The van der Waals surface area contributed by atoms with Crippen LogP contribution in [-0.2, 0) is 19.1 Å². The van der Waals surface area contributed by atoms with Crippen molar-refractivity contribution >= 4 is 33.7 Å². The van der Waals surface area contributed by atoms with Crippen LogP contribution in [0, 0.1) is 11.8 Å². The largest absolute Gasteiger partial charge is 0.394 e. The number of ether oxygens (including phenoxy) is 1. The van der Waals surface area contributed by atoms with Gasteiger partial charge in [0.05, 0.1) is 30.6 Å². The molecular weight excluding hydrogens is 478 g/mol. The van der Waals surface area contributed by atoms with Gasteiger partial charge in [0.1, 0.15) is 11.6 Å². The molecule has 3 aliphatic heterocycles. The first-order valence-electron chi connectivity index (χ1n) is 12.2. The molecule has 0 aromatic heterocycles. The lowest BCUT2D eigenvalue weighted by atomic mass is 9.70. The molecule has 3 saturated heterocycles. The van der Waals surface area contributed by atoms with Crippen molar-refractivity contribution in [3.63, 3.8) is 0 Å². The fraction of sp³-hybridized carbons (Fsp3) is 0.870. The van der Waals surface area contributed by atoms with E-state index in [1.165, 1.54) is 6.42 Å². The van der Waals surface area contributed by atoms with Crippen LogP contribution < -0.4 is 10.6 Å². The summed E-state index contributed by atoms with van der Waals surface area (Å²) in [6, 6.07) is -1.23. The summed E-state index contributed by atoms with van der Waals surface area (Å²) in [6.45, 7) is 4.18. The van der Waals surface area contributed by atoms with Gasteiger partial charge in [-0.25, -0.2) is 0 Å². The summed E-state index contributed by atoms with van der Waals surface area (Å²) in [5.41, 5.74) is -1.05. The van der Waals surface area contributed by atoms with Gasteiger partial charge in [0.25, 0.3) is 0 Å². The normalized spacial score (nSPS) is 37.4. The number of nitrogens with zero attached hydrogens (tertiary/aromatic N) is 1. The minimum Gasteiger partial charge on any atom is -0.394 e. The second-order valence-corrected chi connectivity index (χ2v) is 11.0. The molecule has 8 nitrogen and oxygen atoms in total. The average Bonchev–Trinajstić information content (AvgIpc) is 3.37. The van der Waals surface area contributed by atoms with Crippen LogP contribution in [0.5, 0.6) is 0 Å². The maximum atomic E-state index is 13.8. The number of halogens is 1. The predicted molar refractivity (Wildman–Crippen MR) is 122 cm³/mol. The summed E-state index contributed by atoms with van der Waals surface area (Å²) in [7, 11) is 0. The van der Waals surface area contributed by atoms with E-state index in [-0.39, 0.29) is 35.2 Å². The minimum absolute atomic E-state index is 0.0971. The quantitative estimate of drug-likeness (QED) is 0.426. The number of hydrogen-bond donors (Lipinski definition) is 3. The fourth-order valence-corrected chi connectivity index (χ4v) is 7.31. The Balaban J connectivity index is 1.69. The number of aliphatic hydroxyl groups is 1. The highest BCUT2D eigenvalue weighted by atomic mass is 79.9. The Morgan fingerprint density at radius 3 is 2.59 bits per heavy atom. The van der Waals surface area contributed by atoms with Gasteiger partial charge in [0, 0.05) is 17.4 Å². The van der Waals surface area contributed by atoms with E-state index in [2.05, 4.69) is 26.6 Å². The van der Waals surface area contributed by atoms with Crippen molar-refractivity contribution in [2.75, 3.05) is 13.2 Å². The van der Waals surface area contributed by atoms with Crippen molar-refractivity contribution in [1.82, 2.24) is 15.5 Å². The molecule has 4 aliphatic rings. The molecule has 0 radical (unpaired) electrons. The Bertz CT molecular complexity index is 741. The maximum Gasteiger partial charge on any atom is 0.246 e. The van der Waals surface area contributed by atoms with Gasteiger partial charge in [0.15, 0.2) is 0 Å². The van der Waals surface area contributed by atoms with Gasteiger partial charge in [-0.05, 0) is 32.1 Å². The lowest BCUT2D eigenvalue weighted by Crippen LogP contribution is -2.59. The molecule has 4 rings (SSSR count). The first-order chi connectivity index (χ1) is 15.4. The van der Waals surface area contributed by atoms with Gasteiger partial charge in [-0.15, -0.1) is 0 Å². The van der Waals surface area contributed by atoms with Crippen LogP contribution in [0.25, 0.3) is 0 Å². The maximum absolute atomic E-state index is 13.8. The Kier molecular flexibility index (Phi) is 7.17. The monoisotopic (exact) mass is 513 g/mol. The van der Waals surface area contributed by atoms with E-state index in [1.54, 1.807) is 4.90 Å². The van der Waals surface area contributed by atoms with Crippen LogP contribution in [0.2, 0.25) is 0 Å². The molecule has 3 amide bonds. The predicted octanol–water partition coefficient (Wildman–Crippen LogP) is 1.48. The smallest absolute Gasteiger partial charge is 0.246 e. The molecule has 2 bridgehead atoms. The van der Waals surface area contributed by atoms with Crippen LogP contribution in [0.15, 0.2) is 0 Å². The number of hydrogen-bond acceptors (Lipinski definition) is 5. The summed E-state index contributed by atoms with van der Waals surface area (Å²) in [5, 5.41) is 16.2. The number of fused-ring (bicyclic) bond motifs is 1. The summed E-state index contributed by atoms with van der Waals surface area (Å²) in [4.78, 5) is 42.0. The van der Waals surface area contributed by atoms with Crippen molar-refractivity contribution in [3.05, 3.63) is 0 Å². The van der Waals surface area contributed by atoms with Gasteiger partial charge in [0.2, 0.25) is 17.7 Å². The Morgan fingerprint density at radius 2 is 1.97 bits per heavy atom. The number of amides is 3. The molecule has 180 valence electrons. The van der Waals surface area contributed by atoms with Crippen molar-refractivity contribution in [3.8, 4) is 0 Å². The minimum atomic E-state index is -1.05. The molecule has 3 heterocycles. The number of carbonyl (C=O) groups is 3. The molecule has 3 N–H and O–H groups in total. The number of rotatable bonds is 8. The van der Waals surface area contributed by atoms with E-state index in [9.17, 15) is 19.5 Å². The third-order valence-electron chi connectivity index (χ3n) is 7.85. The van der Waals surface area contributed by atoms with Crippen LogP contribution in [0.1, 0.15) is 65.2 Å². The molecule has 1 spiro atoms. The highest BCUT2D eigenvalue weighted by Crippen LogP contribution is 2.60. The van der Waals surface area contributed by atoms with Gasteiger partial charge in [-0.2, -0.15) is 0 Å². The average molecular weight is 514 g/mol. The second-order valence-electron chi connectivity index (χ2n) is 9.79. The molecule has 3 unspecified atom stereocenters. The number of aliphatic hydroxyl groups excluding tert-OH is 1. The van der Waals surface area contributed by atoms with Gasteiger partial charge in [-0.1, -0.05) is 49.0 Å². The molecule has 0 aromatic carbocycles. The Labute approximate surface area is 198 Å². The molecule has 7 atom stereocenters. The molecule has 9 heteroatoms. The molecule has 32 heavy (non-hydrogen) atoms. The van der Waals surface area contributed by atoms with E-state index in [0.717, 1.165) is 32.1 Å². The summed E-state index contributed by atoms with van der Waals surface area (Å²) in [6.07, 6.45) is 6.59. The summed E-state index contributed by atoms with van der Waals surface area (Å²) in [5.74, 6) is -1.99. The van der Waals surface area contributed by atoms with Crippen LogP contribution in [-0.4, -0.2) is 75.5 Å². The second kappa shape index (κ2) is 9.58. The van der Waals surface area contributed by atoms with E-state index in [1.807, 2.05) is 13.8 Å². The first-order valence-corrected chi connectivity index (χ1v) is 13.1. The first kappa shape index (κ1) is 24.0. The van der Waals surface area contributed by atoms with Crippen LogP contribution in [0.3, 0.4) is 0 Å². The summed E-state index contributed by atoms with van der Waals surface area (Å²) >= 11 is 3.67. The van der Waals surface area contributed by atoms with Crippen molar-refractivity contribution in [2.24, 2.45) is 11.8 Å². The number of carbonyl (C=O) groups excluding carboxylic acids is 3. The third kappa shape index (κ3) is 3.78. The molecule has 1 saturated carbocycles. The van der Waals surface area contributed by atoms with Gasteiger partial charge >= 0.3 is 0 Å². The third-order valence-corrected chi connectivity index (χ3v) is 8.70. The lowest BCUT2D eigenvalue weighted by molar-refractivity contribution is -0.146. The zero-order chi connectivity index (χ0) is 23.0. The zero-order valence-electron chi connectivity index (χ0n) is 19.0. The number of alkyl halides is 1. The van der Waals surface area contributed by atoms with Gasteiger partial charge in [-0.3, -0.25) is 14.4 Å². The molecule has 0 aromatic rings. The van der Waals surface area contributed by atoms with Crippen molar-refractivity contribution < 1.29 is 24.2 Å². The number of nitrogens with one attached hydrogen (secondary N) is 2. The van der Waals surface area contributed by atoms with E-state index in [0.29, 0.717) is 19.4 Å². The zero-order valence-corrected chi connectivity index (χ0v) is 20.6. The number of likely N-dealkylation sites (tertiary alicyclic amines) is 1. The highest BCUT2D eigenvalue weighted by Gasteiger charge is 2.76. The Hall–Kier alpha value is -1.19. The van der Waals surface area contributed by atoms with E-state index in [4.69, 9.17) is 4.74 Å². The van der Waals surface area contributed by atoms with E-state index >= 15 is 0 Å².